The third-order valence-electron chi connectivity index (χ3n) is 2.37. The SMILES string of the molecule is Nc1ccc2c(c1)C(C(Cl)(Cl)Cl)OC(C(Cl)(Cl)Cl)O2. The maximum Gasteiger partial charge on any atom is 0.252 e. The molecular weight excluding hydrogens is 379 g/mol. The summed E-state index contributed by atoms with van der Waals surface area (Å²) < 4.78 is 7.26. The minimum absolute atomic E-state index is 0.383. The lowest BCUT2D eigenvalue weighted by Gasteiger charge is -2.38. The second-order valence-electron chi connectivity index (χ2n) is 3.85. The van der Waals surface area contributed by atoms with Crippen molar-refractivity contribution < 1.29 is 9.47 Å². The maximum atomic E-state index is 5.89. The van der Waals surface area contributed by atoms with Gasteiger partial charge in [-0.15, -0.1) is 0 Å². The largest absolute Gasteiger partial charge is 0.460 e. The highest BCUT2D eigenvalue weighted by atomic mass is 35.6. The summed E-state index contributed by atoms with van der Waals surface area (Å²) in [5.41, 5.74) is 6.64. The first kappa shape index (κ1) is 15.9. The van der Waals surface area contributed by atoms with Crippen LogP contribution < -0.4 is 10.5 Å². The van der Waals surface area contributed by atoms with E-state index in [2.05, 4.69) is 0 Å². The lowest BCUT2D eigenvalue weighted by molar-refractivity contribution is -0.136. The molecule has 0 fully saturated rings. The molecule has 1 aliphatic rings. The quantitative estimate of drug-likeness (QED) is 0.516. The molecule has 2 rings (SSSR count). The Hall–Kier alpha value is 0.520. The molecule has 2 N–H and O–H groups in total. The molecular formula is C10H7Cl6NO2. The van der Waals surface area contributed by atoms with Crippen LogP contribution in [0.2, 0.25) is 0 Å². The van der Waals surface area contributed by atoms with E-state index in [-0.39, 0.29) is 0 Å². The molecule has 106 valence electrons. The zero-order valence-corrected chi connectivity index (χ0v) is 13.6. The van der Waals surface area contributed by atoms with Crippen LogP contribution in [0.5, 0.6) is 5.75 Å². The summed E-state index contributed by atoms with van der Waals surface area (Å²) in [5, 5.41) is 0. The first-order chi connectivity index (χ1) is 8.59. The van der Waals surface area contributed by atoms with Gasteiger partial charge in [0, 0.05) is 11.3 Å². The summed E-state index contributed by atoms with van der Waals surface area (Å²) in [6, 6.07) is 4.80. The van der Waals surface area contributed by atoms with Gasteiger partial charge in [0.15, 0.2) is 0 Å². The highest BCUT2D eigenvalue weighted by Gasteiger charge is 2.48. The Morgan fingerprint density at radius 2 is 1.63 bits per heavy atom. The van der Waals surface area contributed by atoms with Crippen LogP contribution in [0.4, 0.5) is 5.69 Å². The van der Waals surface area contributed by atoms with Crippen LogP contribution in [0.15, 0.2) is 18.2 Å². The Morgan fingerprint density at radius 3 is 2.16 bits per heavy atom. The van der Waals surface area contributed by atoms with Crippen LogP contribution in [-0.4, -0.2) is 13.9 Å². The summed E-state index contributed by atoms with van der Waals surface area (Å²) in [6.07, 6.45) is -2.17. The molecule has 1 aliphatic heterocycles. The number of ether oxygens (including phenoxy) is 2. The number of nitrogens with two attached hydrogens (primary N) is 1. The number of fused-ring (bicyclic) bond motifs is 1. The van der Waals surface area contributed by atoms with Crippen molar-refractivity contribution in [1.82, 2.24) is 0 Å². The van der Waals surface area contributed by atoms with Crippen molar-refractivity contribution in [3.05, 3.63) is 23.8 Å². The van der Waals surface area contributed by atoms with E-state index in [4.69, 9.17) is 84.8 Å². The summed E-state index contributed by atoms with van der Waals surface area (Å²) in [4.78, 5) is 0. The molecule has 1 aromatic rings. The Labute approximate surface area is 139 Å². The van der Waals surface area contributed by atoms with Crippen LogP contribution in [0.1, 0.15) is 11.7 Å². The van der Waals surface area contributed by atoms with Crippen LogP contribution in [0.25, 0.3) is 0 Å². The number of nitrogen functional groups attached to an aromatic ring is 1. The Morgan fingerprint density at radius 1 is 1.00 bits per heavy atom. The molecule has 3 nitrogen and oxygen atoms in total. The molecule has 1 aromatic carbocycles. The molecule has 9 heteroatoms. The number of benzene rings is 1. The third kappa shape index (κ3) is 3.59. The van der Waals surface area contributed by atoms with Gasteiger partial charge in [-0.3, -0.25) is 0 Å². The highest BCUT2D eigenvalue weighted by Crippen LogP contribution is 2.51. The van der Waals surface area contributed by atoms with Gasteiger partial charge in [-0.25, -0.2) is 0 Å². The summed E-state index contributed by atoms with van der Waals surface area (Å²) >= 11 is 34.9. The molecule has 0 aliphatic carbocycles. The van der Waals surface area contributed by atoms with Gasteiger partial charge < -0.3 is 15.2 Å². The topological polar surface area (TPSA) is 44.5 Å². The van der Waals surface area contributed by atoms with Gasteiger partial charge in [0.1, 0.15) is 11.9 Å². The summed E-state index contributed by atoms with van der Waals surface area (Å²) in [5.74, 6) is 0.383. The first-order valence-electron chi connectivity index (χ1n) is 4.94. The van der Waals surface area contributed by atoms with Crippen LogP contribution in [-0.2, 0) is 4.74 Å². The van der Waals surface area contributed by atoms with E-state index in [0.717, 1.165) is 0 Å². The van der Waals surface area contributed by atoms with Gasteiger partial charge in [0.05, 0.1) is 0 Å². The molecule has 0 saturated carbocycles. The molecule has 0 amide bonds. The van der Waals surface area contributed by atoms with Gasteiger partial charge >= 0.3 is 0 Å². The highest BCUT2D eigenvalue weighted by molar-refractivity contribution is 6.68. The van der Waals surface area contributed by atoms with Crippen molar-refractivity contribution in [2.45, 2.75) is 20.0 Å². The smallest absolute Gasteiger partial charge is 0.252 e. The minimum Gasteiger partial charge on any atom is -0.460 e. The molecule has 2 unspecified atom stereocenters. The van der Waals surface area contributed by atoms with Gasteiger partial charge in [0.25, 0.3) is 3.79 Å². The monoisotopic (exact) mass is 383 g/mol. The number of alkyl halides is 6. The van der Waals surface area contributed by atoms with Crippen molar-refractivity contribution in [3.63, 3.8) is 0 Å². The zero-order valence-electron chi connectivity index (χ0n) is 9.05. The first-order valence-corrected chi connectivity index (χ1v) is 7.21. The maximum absolute atomic E-state index is 5.89. The molecule has 0 radical (unpaired) electrons. The molecule has 0 saturated heterocycles. The van der Waals surface area contributed by atoms with Crippen LogP contribution in [0.3, 0.4) is 0 Å². The fourth-order valence-corrected chi connectivity index (χ4v) is 2.41. The Bertz CT molecular complexity index is 484. The van der Waals surface area contributed by atoms with E-state index in [1.807, 2.05) is 0 Å². The predicted octanol–water partition coefficient (Wildman–Crippen LogP) is 4.79. The van der Waals surface area contributed by atoms with E-state index < -0.39 is 20.0 Å². The van der Waals surface area contributed by atoms with E-state index in [1.54, 1.807) is 18.2 Å². The molecule has 19 heavy (non-hydrogen) atoms. The predicted molar refractivity (Wildman–Crippen MR) is 79.7 cm³/mol. The second-order valence-corrected chi connectivity index (χ2v) is 8.58. The number of hydrogen-bond acceptors (Lipinski definition) is 3. The van der Waals surface area contributed by atoms with Gasteiger partial charge in [-0.2, -0.15) is 0 Å². The number of anilines is 1. The Kier molecular flexibility index (Phi) is 4.50. The number of hydrogen-bond donors (Lipinski definition) is 1. The minimum atomic E-state index is -1.83. The van der Waals surface area contributed by atoms with Crippen LogP contribution in [0, 0.1) is 0 Å². The third-order valence-corrected chi connectivity index (χ3v) is 3.50. The van der Waals surface area contributed by atoms with E-state index in [9.17, 15) is 0 Å². The van der Waals surface area contributed by atoms with Crippen molar-refractivity contribution in [1.29, 1.82) is 0 Å². The van der Waals surface area contributed by atoms with Crippen molar-refractivity contribution in [2.75, 3.05) is 5.73 Å². The fraction of sp³-hybridized carbons (Fsp3) is 0.400. The number of halogens is 6. The number of rotatable bonds is 0. The van der Waals surface area contributed by atoms with E-state index in [1.165, 1.54) is 0 Å². The molecule has 0 bridgehead atoms. The van der Waals surface area contributed by atoms with Crippen LogP contribution >= 0.6 is 69.6 Å². The van der Waals surface area contributed by atoms with Crippen molar-refractivity contribution >= 4 is 75.3 Å². The Balaban J connectivity index is 2.47. The summed E-state index contributed by atoms with van der Waals surface area (Å²) in [7, 11) is 0. The lowest BCUT2D eigenvalue weighted by Crippen LogP contribution is -2.42. The van der Waals surface area contributed by atoms with Crippen molar-refractivity contribution in [2.24, 2.45) is 0 Å². The molecule has 0 spiro atoms. The fourth-order valence-electron chi connectivity index (χ4n) is 1.62. The average Bonchev–Trinajstić information content (AvgIpc) is 2.24. The zero-order chi connectivity index (χ0) is 14.4. The van der Waals surface area contributed by atoms with Crippen molar-refractivity contribution in [3.8, 4) is 5.75 Å². The lowest BCUT2D eigenvalue weighted by atomic mass is 10.1. The van der Waals surface area contributed by atoms with Gasteiger partial charge in [-0.05, 0) is 18.2 Å². The van der Waals surface area contributed by atoms with E-state index in [0.29, 0.717) is 17.0 Å². The van der Waals surface area contributed by atoms with Gasteiger partial charge in [0.2, 0.25) is 10.1 Å². The molecule has 1 heterocycles. The van der Waals surface area contributed by atoms with E-state index >= 15 is 0 Å². The summed E-state index contributed by atoms with van der Waals surface area (Å²) in [6.45, 7) is 0. The molecule has 2 atom stereocenters. The second kappa shape index (κ2) is 5.38. The molecule has 0 aromatic heterocycles. The average molecular weight is 386 g/mol. The standard InChI is InChI=1S/C10H7Cl6NO2/c11-9(12,13)7-5-3-4(17)1-2-6(5)18-8(19-7)10(14,15)16/h1-3,7-8H,17H2. The van der Waals surface area contributed by atoms with Gasteiger partial charge in [-0.1, -0.05) is 69.6 Å². The normalized spacial score (nSPS) is 23.7.